The van der Waals surface area contributed by atoms with Crippen LogP contribution in [0.1, 0.15) is 37.7 Å². The molecule has 15 heteroatoms. The smallest absolute Gasteiger partial charge is 0.319 e. The Bertz CT molecular complexity index is 2230. The fourth-order valence-electron chi connectivity index (χ4n) is 7.80. The van der Waals surface area contributed by atoms with Gasteiger partial charge in [0.05, 0.1) is 32.9 Å². The summed E-state index contributed by atoms with van der Waals surface area (Å²) < 4.78 is 58.3. The Morgan fingerprint density at radius 2 is 2.02 bits per heavy atom. The highest BCUT2D eigenvalue weighted by atomic mass is 35.5. The zero-order valence-electron chi connectivity index (χ0n) is 27.2. The van der Waals surface area contributed by atoms with Gasteiger partial charge in [0.1, 0.15) is 46.8 Å². The van der Waals surface area contributed by atoms with Crippen molar-refractivity contribution in [1.29, 1.82) is 5.26 Å². The van der Waals surface area contributed by atoms with Gasteiger partial charge in [-0.25, -0.2) is 13.2 Å². The van der Waals surface area contributed by atoms with E-state index in [-0.39, 0.29) is 66.8 Å². The molecule has 0 bridgehead atoms. The van der Waals surface area contributed by atoms with E-state index in [1.54, 1.807) is 24.4 Å². The standard InChI is InChI=1S/C36H31ClF3N7O3S/c37-25-13-23-30(29(40)28(25)22-4-5-26(39)31-27(22)24(15-41)32(42)51-31)44-35(49-18-36-8-2-10-47(36)17-20(38)14-36)45-33(23)46-11-6-19(7-12-46)34(48)50-21-3-1-9-43-16-21/h1,3-5,9,13,16,19-20H,2,6-8,10-12,14,17-18,42H2/t20-,36+/m1/s1. The number of piperidine rings is 1. The predicted octanol–water partition coefficient (Wildman–Crippen LogP) is 7.07. The number of esters is 1. The van der Waals surface area contributed by atoms with Gasteiger partial charge in [0.25, 0.3) is 0 Å². The van der Waals surface area contributed by atoms with Crippen molar-refractivity contribution < 1.29 is 27.4 Å². The number of carbonyl (C=O) groups is 1. The lowest BCUT2D eigenvalue weighted by Gasteiger charge is -2.33. The topological polar surface area (TPSA) is 130 Å². The van der Waals surface area contributed by atoms with Gasteiger partial charge < -0.3 is 20.1 Å². The molecule has 3 fully saturated rings. The van der Waals surface area contributed by atoms with E-state index < -0.39 is 23.3 Å². The van der Waals surface area contributed by atoms with Crippen molar-refractivity contribution in [3.8, 4) is 29.0 Å². The molecule has 3 saturated heterocycles. The van der Waals surface area contributed by atoms with Gasteiger partial charge in [-0.3, -0.25) is 14.7 Å². The first-order valence-corrected chi connectivity index (χ1v) is 17.8. The maximum absolute atomic E-state index is 17.0. The summed E-state index contributed by atoms with van der Waals surface area (Å²) in [4.78, 5) is 30.3. The monoisotopic (exact) mass is 733 g/mol. The highest BCUT2D eigenvalue weighted by Gasteiger charge is 2.49. The highest BCUT2D eigenvalue weighted by molar-refractivity contribution is 7.23. The largest absolute Gasteiger partial charge is 0.461 e. The summed E-state index contributed by atoms with van der Waals surface area (Å²) >= 11 is 7.74. The van der Waals surface area contributed by atoms with E-state index in [2.05, 4.69) is 14.9 Å². The van der Waals surface area contributed by atoms with Gasteiger partial charge in [0.15, 0.2) is 5.82 Å². The number of hydrogen-bond acceptors (Lipinski definition) is 11. The summed E-state index contributed by atoms with van der Waals surface area (Å²) in [6.45, 7) is 2.01. The summed E-state index contributed by atoms with van der Waals surface area (Å²) in [5, 5.41) is 10.4. The van der Waals surface area contributed by atoms with Crippen molar-refractivity contribution in [2.75, 3.05) is 43.4 Å². The molecule has 0 spiro atoms. The van der Waals surface area contributed by atoms with Crippen LogP contribution in [0.2, 0.25) is 5.02 Å². The van der Waals surface area contributed by atoms with Crippen LogP contribution in [0.3, 0.4) is 0 Å². The number of rotatable bonds is 7. The predicted molar refractivity (Wildman–Crippen MR) is 188 cm³/mol. The van der Waals surface area contributed by atoms with Crippen LogP contribution in [0.4, 0.5) is 24.0 Å². The summed E-state index contributed by atoms with van der Waals surface area (Å²) in [5.41, 5.74) is 5.62. The molecule has 51 heavy (non-hydrogen) atoms. The van der Waals surface area contributed by atoms with E-state index in [0.29, 0.717) is 55.9 Å². The van der Waals surface area contributed by atoms with E-state index >= 15 is 4.39 Å². The minimum absolute atomic E-state index is 0.00421. The van der Waals surface area contributed by atoms with Gasteiger partial charge >= 0.3 is 12.0 Å². The first-order valence-electron chi connectivity index (χ1n) is 16.6. The van der Waals surface area contributed by atoms with E-state index in [9.17, 15) is 18.8 Å². The minimum Gasteiger partial charge on any atom is -0.461 e. The first kappa shape index (κ1) is 33.4. The number of halogens is 4. The van der Waals surface area contributed by atoms with Crippen molar-refractivity contribution >= 4 is 60.7 Å². The molecule has 5 aromatic rings. The van der Waals surface area contributed by atoms with Crippen molar-refractivity contribution in [2.45, 2.75) is 43.8 Å². The number of carbonyl (C=O) groups excluding carboxylic acids is 1. The Morgan fingerprint density at radius 3 is 2.78 bits per heavy atom. The van der Waals surface area contributed by atoms with Crippen LogP contribution in [0.5, 0.6) is 11.8 Å². The van der Waals surface area contributed by atoms with Gasteiger partial charge in [-0.05, 0) is 62.1 Å². The average Bonchev–Trinajstić information content (AvgIpc) is 3.78. The molecule has 10 nitrogen and oxygen atoms in total. The fourth-order valence-corrected chi connectivity index (χ4v) is 9.05. The van der Waals surface area contributed by atoms with E-state index in [4.69, 9.17) is 31.8 Å². The fraction of sp³-hybridized carbons (Fsp3) is 0.361. The van der Waals surface area contributed by atoms with Crippen molar-refractivity contribution in [3.05, 3.63) is 64.9 Å². The van der Waals surface area contributed by atoms with Crippen LogP contribution in [-0.4, -0.2) is 70.3 Å². The van der Waals surface area contributed by atoms with Crippen molar-refractivity contribution in [2.24, 2.45) is 5.92 Å². The van der Waals surface area contributed by atoms with Crippen LogP contribution in [-0.2, 0) is 4.79 Å². The molecule has 6 heterocycles. The lowest BCUT2D eigenvalue weighted by atomic mass is 9.95. The number of nitrogens with two attached hydrogens (primary N) is 1. The number of benzene rings is 2. The summed E-state index contributed by atoms with van der Waals surface area (Å²) in [6, 6.07) is 9.38. The summed E-state index contributed by atoms with van der Waals surface area (Å²) in [7, 11) is 0. The Hall–Kier alpha value is -4.71. The number of alkyl halides is 1. The molecule has 3 aliphatic rings. The number of nitrogens with zero attached hydrogens (tertiary/aromatic N) is 6. The lowest BCUT2D eigenvalue weighted by Crippen LogP contribution is -2.43. The number of aromatic nitrogens is 3. The number of nitriles is 1. The Balaban J connectivity index is 1.19. The van der Waals surface area contributed by atoms with E-state index in [1.165, 1.54) is 18.3 Å². The average molecular weight is 734 g/mol. The van der Waals surface area contributed by atoms with Crippen LogP contribution in [0.15, 0.2) is 42.7 Å². The SMILES string of the molecule is N#Cc1c(N)sc2c(F)ccc(-c3c(Cl)cc4c(N5CCC(C(=O)Oc6cccnc6)CC5)nc(OC[C@@]56CCCN5C[C@H](F)C6)nc4c3F)c12. The maximum Gasteiger partial charge on any atom is 0.319 e. The Labute approximate surface area is 299 Å². The van der Waals surface area contributed by atoms with E-state index in [1.807, 2.05) is 11.0 Å². The van der Waals surface area contributed by atoms with Crippen LogP contribution < -0.4 is 20.1 Å². The Kier molecular flexibility index (Phi) is 8.60. The van der Waals surface area contributed by atoms with Gasteiger partial charge in [-0.1, -0.05) is 17.7 Å². The number of pyridine rings is 1. The van der Waals surface area contributed by atoms with Crippen LogP contribution >= 0.6 is 22.9 Å². The second kappa shape index (κ2) is 13.1. The van der Waals surface area contributed by atoms with Crippen LogP contribution in [0, 0.1) is 28.9 Å². The number of fused-ring (bicyclic) bond motifs is 3. The molecule has 3 aromatic heterocycles. The van der Waals surface area contributed by atoms with Crippen molar-refractivity contribution in [3.63, 3.8) is 0 Å². The zero-order chi connectivity index (χ0) is 35.4. The third-order valence-corrected chi connectivity index (χ3v) is 11.6. The van der Waals surface area contributed by atoms with Gasteiger partial charge in [0.2, 0.25) is 0 Å². The molecular weight excluding hydrogens is 703 g/mol. The molecule has 0 amide bonds. The number of ether oxygens (including phenoxy) is 2. The molecule has 2 aromatic carbocycles. The second-order valence-electron chi connectivity index (χ2n) is 13.3. The van der Waals surface area contributed by atoms with Gasteiger partial charge in [-0.15, -0.1) is 11.3 Å². The molecule has 0 unspecified atom stereocenters. The third-order valence-electron chi connectivity index (χ3n) is 10.3. The molecule has 8 rings (SSSR count). The summed E-state index contributed by atoms with van der Waals surface area (Å²) in [6.07, 6.45) is 4.99. The van der Waals surface area contributed by atoms with Gasteiger partial charge in [-0.2, -0.15) is 15.2 Å². The normalized spacial score (nSPS) is 20.9. The zero-order valence-corrected chi connectivity index (χ0v) is 28.7. The number of hydrogen-bond donors (Lipinski definition) is 1. The molecule has 2 N–H and O–H groups in total. The highest BCUT2D eigenvalue weighted by Crippen LogP contribution is 2.46. The Morgan fingerprint density at radius 1 is 1.20 bits per heavy atom. The molecule has 262 valence electrons. The van der Waals surface area contributed by atoms with Gasteiger partial charge in [0, 0.05) is 48.6 Å². The quantitative estimate of drug-likeness (QED) is 0.173. The molecule has 0 saturated carbocycles. The second-order valence-corrected chi connectivity index (χ2v) is 14.7. The molecular formula is C36H31ClF3N7O3S. The minimum atomic E-state index is -0.966. The van der Waals surface area contributed by atoms with Crippen molar-refractivity contribution in [1.82, 2.24) is 19.9 Å². The lowest BCUT2D eigenvalue weighted by molar-refractivity contribution is -0.139. The third kappa shape index (κ3) is 5.87. The van der Waals surface area contributed by atoms with E-state index in [0.717, 1.165) is 30.7 Å². The van der Waals surface area contributed by atoms with Crippen LogP contribution in [0.25, 0.3) is 32.1 Å². The number of anilines is 2. The molecule has 2 atom stereocenters. The molecule has 0 radical (unpaired) electrons. The molecule has 3 aliphatic heterocycles. The first-order chi connectivity index (χ1) is 24.7. The molecule has 0 aliphatic carbocycles. The number of thiophene rings is 1. The maximum atomic E-state index is 17.0. The number of nitrogen functional groups attached to an aromatic ring is 1. The summed E-state index contributed by atoms with van der Waals surface area (Å²) in [5.74, 6) is -1.43.